The lowest BCUT2D eigenvalue weighted by Gasteiger charge is -2.19. The van der Waals surface area contributed by atoms with Crippen LogP contribution in [0.3, 0.4) is 0 Å². The van der Waals surface area contributed by atoms with Crippen LogP contribution in [0.4, 0.5) is 5.82 Å². The summed E-state index contributed by atoms with van der Waals surface area (Å²) in [5.74, 6) is 1.75. The molecular weight excluding hydrogens is 326 g/mol. The molecule has 1 aromatic carbocycles. The first-order valence-electron chi connectivity index (χ1n) is 7.88. The molecule has 0 unspecified atom stereocenters. The lowest BCUT2D eigenvalue weighted by Crippen LogP contribution is -2.13. The van der Waals surface area contributed by atoms with Gasteiger partial charge >= 0.3 is 0 Å². The van der Waals surface area contributed by atoms with Crippen molar-refractivity contribution in [1.82, 2.24) is 9.97 Å². The molecule has 3 rings (SSSR count). The molecule has 0 saturated carbocycles. The number of nitrogens with one attached hydrogen (secondary N) is 1. The van der Waals surface area contributed by atoms with Gasteiger partial charge in [-0.25, -0.2) is 9.97 Å². The van der Waals surface area contributed by atoms with Crippen molar-refractivity contribution in [2.45, 2.75) is 36.6 Å². The molecule has 2 aromatic rings. The summed E-state index contributed by atoms with van der Waals surface area (Å²) in [4.78, 5) is 9.49. The fourth-order valence-corrected chi connectivity index (χ4v) is 3.86. The number of thioether (sulfide) groups is 1. The lowest BCUT2D eigenvalue weighted by molar-refractivity contribution is 0.651. The highest BCUT2D eigenvalue weighted by Crippen LogP contribution is 2.30. The van der Waals surface area contributed by atoms with E-state index < -0.39 is 0 Å². The van der Waals surface area contributed by atoms with Crippen LogP contribution in [0.5, 0.6) is 0 Å². The third-order valence-electron chi connectivity index (χ3n) is 3.89. The molecule has 23 heavy (non-hydrogen) atoms. The van der Waals surface area contributed by atoms with Crippen LogP contribution in [0.25, 0.3) is 0 Å². The number of fused-ring (bicyclic) bond motifs is 1. The van der Waals surface area contributed by atoms with Crippen molar-refractivity contribution < 1.29 is 0 Å². The highest BCUT2D eigenvalue weighted by atomic mass is 35.5. The van der Waals surface area contributed by atoms with Crippen molar-refractivity contribution in [3.8, 4) is 0 Å². The lowest BCUT2D eigenvalue weighted by atomic mass is 9.96. The van der Waals surface area contributed by atoms with Crippen molar-refractivity contribution in [1.29, 1.82) is 0 Å². The maximum Gasteiger partial charge on any atom is 0.190 e. The van der Waals surface area contributed by atoms with Gasteiger partial charge in [0.05, 0.1) is 5.69 Å². The van der Waals surface area contributed by atoms with Crippen LogP contribution < -0.4 is 5.32 Å². The monoisotopic (exact) mass is 345 g/mol. The number of hydrogen-bond donors (Lipinski definition) is 1. The third-order valence-corrected chi connectivity index (χ3v) is 5.16. The van der Waals surface area contributed by atoms with E-state index in [2.05, 4.69) is 11.9 Å². The number of anilines is 1. The fourth-order valence-electron chi connectivity index (χ4n) is 2.71. The Morgan fingerprint density at radius 2 is 2.04 bits per heavy atom. The van der Waals surface area contributed by atoms with Crippen LogP contribution >= 0.6 is 23.4 Å². The molecular formula is C18H20ClN3S. The molecule has 0 atom stereocenters. The third kappa shape index (κ3) is 4.06. The van der Waals surface area contributed by atoms with Crippen LogP contribution in [-0.2, 0) is 18.6 Å². The van der Waals surface area contributed by atoms with E-state index in [1.54, 1.807) is 11.8 Å². The Labute approximate surface area is 146 Å². The first kappa shape index (κ1) is 16.3. The molecule has 0 bridgehead atoms. The van der Waals surface area contributed by atoms with Gasteiger partial charge in [-0.1, -0.05) is 47.6 Å². The topological polar surface area (TPSA) is 37.8 Å². The predicted molar refractivity (Wildman–Crippen MR) is 98.4 cm³/mol. The Kier molecular flexibility index (Phi) is 5.57. The van der Waals surface area contributed by atoms with Crippen LogP contribution in [0.15, 0.2) is 42.1 Å². The molecule has 1 aromatic heterocycles. The van der Waals surface area contributed by atoms with Gasteiger partial charge in [0.15, 0.2) is 5.16 Å². The number of halogens is 1. The van der Waals surface area contributed by atoms with Gasteiger partial charge in [-0.3, -0.25) is 0 Å². The van der Waals surface area contributed by atoms with E-state index in [4.69, 9.17) is 21.6 Å². The Morgan fingerprint density at radius 1 is 1.22 bits per heavy atom. The number of aryl methyl sites for hydroxylation is 1. The molecule has 0 amide bonds. The van der Waals surface area contributed by atoms with Gasteiger partial charge in [0.1, 0.15) is 5.82 Å². The SMILES string of the molecule is C=CCNc1nc(SCc2ccccc2Cl)nc2c1CCCC2. The summed E-state index contributed by atoms with van der Waals surface area (Å²) < 4.78 is 0. The summed E-state index contributed by atoms with van der Waals surface area (Å²) in [7, 11) is 0. The molecule has 0 aliphatic heterocycles. The normalized spacial score (nSPS) is 13.4. The number of benzene rings is 1. The Hall–Kier alpha value is -1.52. The van der Waals surface area contributed by atoms with E-state index in [0.29, 0.717) is 0 Å². The summed E-state index contributed by atoms with van der Waals surface area (Å²) in [6, 6.07) is 7.92. The van der Waals surface area contributed by atoms with Crippen molar-refractivity contribution in [3.05, 3.63) is 58.8 Å². The second kappa shape index (κ2) is 7.84. The number of rotatable bonds is 6. The van der Waals surface area contributed by atoms with Crippen molar-refractivity contribution in [2.75, 3.05) is 11.9 Å². The molecule has 0 saturated heterocycles. The second-order valence-corrected chi connectivity index (χ2v) is 6.89. The highest BCUT2D eigenvalue weighted by molar-refractivity contribution is 7.98. The van der Waals surface area contributed by atoms with Crippen molar-refractivity contribution >= 4 is 29.2 Å². The van der Waals surface area contributed by atoms with Crippen molar-refractivity contribution in [3.63, 3.8) is 0 Å². The maximum atomic E-state index is 6.23. The smallest absolute Gasteiger partial charge is 0.190 e. The first-order chi connectivity index (χ1) is 11.3. The van der Waals surface area contributed by atoms with Crippen LogP contribution in [-0.4, -0.2) is 16.5 Å². The van der Waals surface area contributed by atoms with E-state index in [0.717, 1.165) is 46.7 Å². The van der Waals surface area contributed by atoms with Gasteiger partial charge in [0, 0.05) is 22.9 Å². The van der Waals surface area contributed by atoms with Gasteiger partial charge in [-0.05, 0) is 37.3 Å². The molecule has 120 valence electrons. The summed E-state index contributed by atoms with van der Waals surface area (Å²) >= 11 is 7.86. The summed E-state index contributed by atoms with van der Waals surface area (Å²) in [6.07, 6.45) is 6.38. The average Bonchev–Trinajstić information content (AvgIpc) is 2.59. The van der Waals surface area contributed by atoms with Gasteiger partial charge < -0.3 is 5.32 Å². The van der Waals surface area contributed by atoms with E-state index in [1.807, 2.05) is 30.3 Å². The highest BCUT2D eigenvalue weighted by Gasteiger charge is 2.17. The van der Waals surface area contributed by atoms with Crippen molar-refractivity contribution in [2.24, 2.45) is 0 Å². The largest absolute Gasteiger partial charge is 0.366 e. The molecule has 1 aliphatic carbocycles. The van der Waals surface area contributed by atoms with Gasteiger partial charge in [-0.15, -0.1) is 6.58 Å². The Balaban J connectivity index is 1.81. The Bertz CT molecular complexity index is 703. The van der Waals surface area contributed by atoms with Gasteiger partial charge in [0.25, 0.3) is 0 Å². The van der Waals surface area contributed by atoms with E-state index in [1.165, 1.54) is 24.1 Å². The zero-order valence-corrected chi connectivity index (χ0v) is 14.6. The summed E-state index contributed by atoms with van der Waals surface area (Å²) in [5.41, 5.74) is 3.58. The van der Waals surface area contributed by atoms with E-state index in [-0.39, 0.29) is 0 Å². The number of nitrogens with zero attached hydrogens (tertiary/aromatic N) is 2. The quantitative estimate of drug-likeness (QED) is 0.459. The predicted octanol–water partition coefficient (Wildman–Crippen LogP) is 4.90. The standard InChI is InChI=1S/C18H20ClN3S/c1-2-11-20-17-14-8-4-6-10-16(14)21-18(22-17)23-12-13-7-3-5-9-15(13)19/h2-3,5,7,9H,1,4,6,8,10-12H2,(H,20,21,22). The number of hydrogen-bond acceptors (Lipinski definition) is 4. The van der Waals surface area contributed by atoms with Crippen LogP contribution in [0.1, 0.15) is 29.7 Å². The zero-order chi connectivity index (χ0) is 16.1. The van der Waals surface area contributed by atoms with Gasteiger partial charge in [0.2, 0.25) is 0 Å². The molecule has 0 spiro atoms. The molecule has 1 aliphatic rings. The summed E-state index contributed by atoms with van der Waals surface area (Å²) in [6.45, 7) is 4.49. The molecule has 5 heteroatoms. The summed E-state index contributed by atoms with van der Waals surface area (Å²) in [5, 5.41) is 4.98. The number of aromatic nitrogens is 2. The Morgan fingerprint density at radius 3 is 2.87 bits per heavy atom. The average molecular weight is 346 g/mol. The molecule has 1 heterocycles. The maximum absolute atomic E-state index is 6.23. The van der Waals surface area contributed by atoms with E-state index >= 15 is 0 Å². The zero-order valence-electron chi connectivity index (χ0n) is 13.0. The molecule has 0 fully saturated rings. The minimum atomic E-state index is 0.720. The van der Waals surface area contributed by atoms with Crippen LogP contribution in [0, 0.1) is 0 Å². The minimum absolute atomic E-state index is 0.720. The van der Waals surface area contributed by atoms with Gasteiger partial charge in [-0.2, -0.15) is 0 Å². The van der Waals surface area contributed by atoms with Crippen LogP contribution in [0.2, 0.25) is 5.02 Å². The molecule has 1 N–H and O–H groups in total. The minimum Gasteiger partial charge on any atom is -0.366 e. The first-order valence-corrected chi connectivity index (χ1v) is 9.25. The molecule has 3 nitrogen and oxygen atoms in total. The molecule has 0 radical (unpaired) electrons. The second-order valence-electron chi connectivity index (χ2n) is 5.54. The van der Waals surface area contributed by atoms with E-state index in [9.17, 15) is 0 Å². The fraction of sp³-hybridized carbons (Fsp3) is 0.333.